The Morgan fingerprint density at radius 2 is 1.45 bits per heavy atom. The normalized spacial score (nSPS) is 18.4. The molecule has 0 saturated heterocycles. The number of nitrogens with zero attached hydrogens (tertiary/aromatic N) is 2. The van der Waals surface area contributed by atoms with Gasteiger partial charge < -0.3 is 10.0 Å². The third-order valence-corrected chi connectivity index (χ3v) is 9.00. The predicted molar refractivity (Wildman–Crippen MR) is 170 cm³/mol. The molecule has 3 nitrogen and oxygen atoms in total. The van der Waals surface area contributed by atoms with Crippen molar-refractivity contribution in [1.82, 2.24) is 0 Å². The van der Waals surface area contributed by atoms with Crippen LogP contribution in [-0.2, 0) is 10.8 Å². The van der Waals surface area contributed by atoms with E-state index in [1.807, 2.05) is 0 Å². The highest BCUT2D eigenvalue weighted by atomic mass is 16.3. The number of hydrogen-bond acceptors (Lipinski definition) is 2. The molecule has 0 fully saturated rings. The van der Waals surface area contributed by atoms with Crippen molar-refractivity contribution in [2.45, 2.75) is 58.3 Å². The molecule has 40 heavy (non-hydrogen) atoms. The van der Waals surface area contributed by atoms with Gasteiger partial charge in [-0.1, -0.05) is 81.4 Å². The van der Waals surface area contributed by atoms with E-state index in [2.05, 4.69) is 135 Å². The standard InChI is InChI=1S/C37H41N2O/c1-6-23-38-30-21-19-26-13-7-9-15-28(26)34(30)36(2,3)32(38)17-11-18-33-37(4,5)35-29-16-10-8-14-27(29)20-22-31(35)39(33)24-12-25-40/h7-11,13-22,40H,6,12,23-25H2,1-5H3/q+1. The number of aliphatic hydroxyl groups is 1. The third-order valence-electron chi connectivity index (χ3n) is 9.00. The van der Waals surface area contributed by atoms with Gasteiger partial charge in [0.1, 0.15) is 6.54 Å². The van der Waals surface area contributed by atoms with E-state index in [1.54, 1.807) is 0 Å². The Labute approximate surface area is 238 Å². The number of benzene rings is 4. The van der Waals surface area contributed by atoms with Crippen molar-refractivity contribution in [2.24, 2.45) is 0 Å². The van der Waals surface area contributed by atoms with Crippen molar-refractivity contribution in [3.05, 3.63) is 108 Å². The topological polar surface area (TPSA) is 26.5 Å². The van der Waals surface area contributed by atoms with Crippen molar-refractivity contribution < 1.29 is 9.68 Å². The fraction of sp³-hybridized carbons (Fsp3) is 0.324. The molecule has 0 atom stereocenters. The summed E-state index contributed by atoms with van der Waals surface area (Å²) in [5.74, 6) is 0. The second-order valence-corrected chi connectivity index (χ2v) is 12.3. The number of aliphatic hydroxyl groups excluding tert-OH is 1. The Balaban J connectivity index is 1.46. The highest BCUT2D eigenvalue weighted by Gasteiger charge is 2.45. The molecule has 0 spiro atoms. The first-order valence-electron chi connectivity index (χ1n) is 14.8. The van der Waals surface area contributed by atoms with Gasteiger partial charge in [0.25, 0.3) is 0 Å². The minimum absolute atomic E-state index is 0.110. The molecule has 0 saturated carbocycles. The first-order chi connectivity index (χ1) is 19.3. The van der Waals surface area contributed by atoms with E-state index >= 15 is 0 Å². The van der Waals surface area contributed by atoms with E-state index in [0.717, 1.165) is 25.9 Å². The van der Waals surface area contributed by atoms with Gasteiger partial charge >= 0.3 is 0 Å². The van der Waals surface area contributed by atoms with Crippen LogP contribution in [0.4, 0.5) is 11.4 Å². The molecular formula is C37H41N2O+. The molecule has 4 aromatic rings. The molecule has 6 rings (SSSR count). The third kappa shape index (κ3) is 4.02. The van der Waals surface area contributed by atoms with E-state index < -0.39 is 0 Å². The Hall–Kier alpha value is -3.69. The Kier molecular flexibility index (Phi) is 6.67. The van der Waals surface area contributed by atoms with Gasteiger partial charge in [-0.05, 0) is 65.6 Å². The largest absolute Gasteiger partial charge is 0.396 e. The second-order valence-electron chi connectivity index (χ2n) is 12.3. The zero-order chi connectivity index (χ0) is 28.1. The van der Waals surface area contributed by atoms with Crippen molar-refractivity contribution in [3.63, 3.8) is 0 Å². The predicted octanol–water partition coefficient (Wildman–Crippen LogP) is 8.40. The van der Waals surface area contributed by atoms with Crippen molar-refractivity contribution in [2.75, 3.05) is 24.6 Å². The molecule has 0 aromatic heterocycles. The Bertz CT molecular complexity index is 1700. The summed E-state index contributed by atoms with van der Waals surface area (Å²) in [6, 6.07) is 26.6. The summed E-state index contributed by atoms with van der Waals surface area (Å²) in [7, 11) is 0. The summed E-state index contributed by atoms with van der Waals surface area (Å²) < 4.78 is 2.53. The summed E-state index contributed by atoms with van der Waals surface area (Å²) in [5, 5.41) is 15.0. The number of allylic oxidation sites excluding steroid dienone is 4. The lowest BCUT2D eigenvalue weighted by molar-refractivity contribution is -0.437. The minimum atomic E-state index is -0.159. The van der Waals surface area contributed by atoms with Crippen LogP contribution in [0.5, 0.6) is 0 Å². The van der Waals surface area contributed by atoms with Crippen molar-refractivity contribution >= 4 is 38.6 Å². The maximum atomic E-state index is 9.71. The maximum Gasteiger partial charge on any atom is 0.210 e. The van der Waals surface area contributed by atoms with E-state index in [9.17, 15) is 5.11 Å². The Morgan fingerprint density at radius 3 is 2.12 bits per heavy atom. The molecule has 2 aliphatic rings. The first kappa shape index (κ1) is 26.5. The van der Waals surface area contributed by atoms with Crippen LogP contribution in [0.15, 0.2) is 96.7 Å². The molecule has 1 N–H and O–H groups in total. The molecule has 2 heterocycles. The average Bonchev–Trinajstić information content (AvgIpc) is 3.31. The molecule has 3 heteroatoms. The number of fused-ring (bicyclic) bond motifs is 6. The van der Waals surface area contributed by atoms with Gasteiger partial charge in [0.2, 0.25) is 5.69 Å². The van der Waals surface area contributed by atoms with E-state index in [0.29, 0.717) is 0 Å². The molecule has 0 aliphatic carbocycles. The van der Waals surface area contributed by atoms with Gasteiger partial charge in [0, 0.05) is 54.1 Å². The maximum absolute atomic E-state index is 9.71. The lowest BCUT2D eigenvalue weighted by atomic mass is 9.79. The first-order valence-corrected chi connectivity index (χ1v) is 14.8. The molecule has 0 bridgehead atoms. The van der Waals surface area contributed by atoms with Gasteiger partial charge in [-0.3, -0.25) is 0 Å². The zero-order valence-electron chi connectivity index (χ0n) is 24.5. The van der Waals surface area contributed by atoms with Gasteiger partial charge in [-0.2, -0.15) is 4.58 Å². The Morgan fingerprint density at radius 1 is 0.800 bits per heavy atom. The molecular weight excluding hydrogens is 488 g/mol. The molecule has 2 aliphatic heterocycles. The molecule has 0 radical (unpaired) electrons. The quantitative estimate of drug-likeness (QED) is 0.243. The van der Waals surface area contributed by atoms with Crippen LogP contribution in [0.2, 0.25) is 0 Å². The van der Waals surface area contributed by atoms with Gasteiger partial charge in [-0.15, -0.1) is 0 Å². The zero-order valence-corrected chi connectivity index (χ0v) is 24.5. The summed E-state index contributed by atoms with van der Waals surface area (Å²) >= 11 is 0. The van der Waals surface area contributed by atoms with Gasteiger partial charge in [0.15, 0.2) is 5.71 Å². The van der Waals surface area contributed by atoms with Crippen LogP contribution in [0.25, 0.3) is 21.5 Å². The summed E-state index contributed by atoms with van der Waals surface area (Å²) in [6.45, 7) is 13.7. The summed E-state index contributed by atoms with van der Waals surface area (Å²) in [4.78, 5) is 2.43. The SMILES string of the molecule is CCC[N+]1=C(/C=C/C=C2\N(CCCO)c3ccc4ccccc4c3C2(C)C)C(C)(C)c2c1ccc1ccccc21. The fourth-order valence-electron chi connectivity index (χ4n) is 7.24. The van der Waals surface area contributed by atoms with E-state index in [1.165, 1.54) is 55.5 Å². The number of hydrogen-bond donors (Lipinski definition) is 1. The van der Waals surface area contributed by atoms with Crippen LogP contribution in [0.3, 0.4) is 0 Å². The number of rotatable bonds is 7. The van der Waals surface area contributed by atoms with Gasteiger partial charge in [-0.25, -0.2) is 0 Å². The lowest BCUT2D eigenvalue weighted by Crippen LogP contribution is -2.28. The molecule has 0 unspecified atom stereocenters. The van der Waals surface area contributed by atoms with Crippen LogP contribution in [0, 0.1) is 0 Å². The van der Waals surface area contributed by atoms with E-state index in [4.69, 9.17) is 0 Å². The van der Waals surface area contributed by atoms with E-state index in [-0.39, 0.29) is 17.4 Å². The smallest absolute Gasteiger partial charge is 0.210 e. The van der Waals surface area contributed by atoms with Crippen LogP contribution >= 0.6 is 0 Å². The highest BCUT2D eigenvalue weighted by molar-refractivity contribution is 6.07. The van der Waals surface area contributed by atoms with Crippen molar-refractivity contribution in [3.8, 4) is 0 Å². The lowest BCUT2D eigenvalue weighted by Gasteiger charge is -2.27. The molecule has 204 valence electrons. The molecule has 4 aromatic carbocycles. The second kappa shape index (κ2) is 10.1. The minimum Gasteiger partial charge on any atom is -0.396 e. The fourth-order valence-corrected chi connectivity index (χ4v) is 7.24. The molecule has 0 amide bonds. The van der Waals surface area contributed by atoms with Gasteiger partial charge in [0.05, 0.1) is 5.41 Å². The summed E-state index contributed by atoms with van der Waals surface area (Å²) in [5.41, 5.74) is 7.76. The highest BCUT2D eigenvalue weighted by Crippen LogP contribution is 2.51. The van der Waals surface area contributed by atoms with Crippen LogP contribution < -0.4 is 4.90 Å². The monoisotopic (exact) mass is 529 g/mol. The number of anilines is 1. The summed E-state index contributed by atoms with van der Waals surface area (Å²) in [6.07, 6.45) is 8.76. The van der Waals surface area contributed by atoms with Crippen LogP contribution in [0.1, 0.15) is 58.6 Å². The average molecular weight is 530 g/mol. The van der Waals surface area contributed by atoms with Crippen molar-refractivity contribution in [1.29, 1.82) is 0 Å². The van der Waals surface area contributed by atoms with Crippen LogP contribution in [-0.4, -0.2) is 35.1 Å².